The molecule has 0 fully saturated rings. The van der Waals surface area contributed by atoms with Gasteiger partial charge in [-0.3, -0.25) is 4.79 Å². The first kappa shape index (κ1) is 14.0. The minimum atomic E-state index is -1.46. The molecule has 5 heteroatoms. The SMILES string of the molecule is Cc1ccc(-n2nc(C)c(C(=O)C(=O)O)c2C)cc1C. The Balaban J connectivity index is 2.59. The van der Waals surface area contributed by atoms with E-state index in [0.29, 0.717) is 11.4 Å². The van der Waals surface area contributed by atoms with Gasteiger partial charge in [0.25, 0.3) is 5.78 Å². The highest BCUT2D eigenvalue weighted by Crippen LogP contribution is 2.20. The van der Waals surface area contributed by atoms with Gasteiger partial charge in [-0.2, -0.15) is 5.10 Å². The van der Waals surface area contributed by atoms with Crippen LogP contribution < -0.4 is 0 Å². The minimum absolute atomic E-state index is 0.163. The quantitative estimate of drug-likeness (QED) is 0.687. The van der Waals surface area contributed by atoms with Crippen molar-refractivity contribution in [1.82, 2.24) is 9.78 Å². The summed E-state index contributed by atoms with van der Waals surface area (Å²) in [5.74, 6) is -2.38. The smallest absolute Gasteiger partial charge is 0.377 e. The Hall–Kier alpha value is -2.43. The zero-order valence-corrected chi connectivity index (χ0v) is 11.9. The van der Waals surface area contributed by atoms with Crippen LogP contribution in [0.15, 0.2) is 18.2 Å². The van der Waals surface area contributed by atoms with Gasteiger partial charge in [-0.25, -0.2) is 9.48 Å². The van der Waals surface area contributed by atoms with E-state index >= 15 is 0 Å². The number of aryl methyl sites for hydroxylation is 3. The Morgan fingerprint density at radius 1 is 1.10 bits per heavy atom. The van der Waals surface area contributed by atoms with E-state index in [1.54, 1.807) is 18.5 Å². The fourth-order valence-electron chi connectivity index (χ4n) is 2.19. The van der Waals surface area contributed by atoms with Gasteiger partial charge in [0.05, 0.1) is 22.6 Å². The van der Waals surface area contributed by atoms with Crippen LogP contribution in [0.3, 0.4) is 0 Å². The summed E-state index contributed by atoms with van der Waals surface area (Å²) in [4.78, 5) is 22.6. The summed E-state index contributed by atoms with van der Waals surface area (Å²) < 4.78 is 1.61. The zero-order chi connectivity index (χ0) is 15.0. The summed E-state index contributed by atoms with van der Waals surface area (Å²) in [5.41, 5.74) is 4.22. The van der Waals surface area contributed by atoms with Crippen LogP contribution in [0, 0.1) is 27.7 Å². The number of carbonyl (C=O) groups is 2. The summed E-state index contributed by atoms with van der Waals surface area (Å²) in [7, 11) is 0. The molecule has 0 aliphatic rings. The molecule has 20 heavy (non-hydrogen) atoms. The number of carboxylic acids is 1. The van der Waals surface area contributed by atoms with Crippen LogP contribution in [-0.4, -0.2) is 26.6 Å². The van der Waals surface area contributed by atoms with Gasteiger partial charge in [0.2, 0.25) is 0 Å². The second-order valence-corrected chi connectivity index (χ2v) is 4.86. The Kier molecular flexibility index (Phi) is 3.44. The lowest BCUT2D eigenvalue weighted by Gasteiger charge is -2.07. The van der Waals surface area contributed by atoms with Gasteiger partial charge in [0, 0.05) is 0 Å². The Bertz CT molecular complexity index is 714. The molecule has 0 spiro atoms. The lowest BCUT2D eigenvalue weighted by Crippen LogP contribution is -2.14. The fraction of sp³-hybridized carbons (Fsp3) is 0.267. The topological polar surface area (TPSA) is 72.2 Å². The van der Waals surface area contributed by atoms with Gasteiger partial charge in [-0.15, -0.1) is 0 Å². The van der Waals surface area contributed by atoms with Crippen molar-refractivity contribution in [3.05, 3.63) is 46.3 Å². The number of carboxylic acid groups (broad SMARTS) is 1. The van der Waals surface area contributed by atoms with E-state index in [-0.39, 0.29) is 5.56 Å². The van der Waals surface area contributed by atoms with Gasteiger partial charge in [0.1, 0.15) is 0 Å². The first-order valence-electron chi connectivity index (χ1n) is 6.24. The van der Waals surface area contributed by atoms with Crippen molar-refractivity contribution < 1.29 is 14.7 Å². The van der Waals surface area contributed by atoms with Gasteiger partial charge >= 0.3 is 5.97 Å². The van der Waals surface area contributed by atoms with Crippen LogP contribution >= 0.6 is 0 Å². The van der Waals surface area contributed by atoms with E-state index in [4.69, 9.17) is 5.11 Å². The van der Waals surface area contributed by atoms with Crippen LogP contribution in [0.25, 0.3) is 5.69 Å². The number of carbonyl (C=O) groups excluding carboxylic acids is 1. The van der Waals surface area contributed by atoms with Gasteiger partial charge in [-0.1, -0.05) is 6.07 Å². The number of nitrogens with zero attached hydrogens (tertiary/aromatic N) is 2. The van der Waals surface area contributed by atoms with Crippen molar-refractivity contribution in [2.24, 2.45) is 0 Å². The van der Waals surface area contributed by atoms with Crippen LogP contribution in [0.5, 0.6) is 0 Å². The maximum absolute atomic E-state index is 11.7. The van der Waals surface area contributed by atoms with E-state index in [0.717, 1.165) is 16.8 Å². The van der Waals surface area contributed by atoms with E-state index in [9.17, 15) is 9.59 Å². The predicted octanol–water partition coefficient (Wildman–Crippen LogP) is 2.37. The average molecular weight is 272 g/mol. The Morgan fingerprint density at radius 3 is 2.30 bits per heavy atom. The number of benzene rings is 1. The Labute approximate surface area is 116 Å². The second kappa shape index (κ2) is 4.92. The minimum Gasteiger partial charge on any atom is -0.475 e. The van der Waals surface area contributed by atoms with Gasteiger partial charge in [-0.05, 0) is 51.0 Å². The van der Waals surface area contributed by atoms with Crippen molar-refractivity contribution in [1.29, 1.82) is 0 Å². The van der Waals surface area contributed by atoms with E-state index < -0.39 is 11.8 Å². The molecule has 2 aromatic rings. The number of hydrogen-bond acceptors (Lipinski definition) is 3. The van der Waals surface area contributed by atoms with E-state index in [2.05, 4.69) is 5.10 Å². The maximum atomic E-state index is 11.7. The molecule has 1 aromatic heterocycles. The molecule has 2 rings (SSSR count). The summed E-state index contributed by atoms with van der Waals surface area (Å²) >= 11 is 0. The van der Waals surface area contributed by atoms with E-state index in [1.165, 1.54) is 0 Å². The van der Waals surface area contributed by atoms with Gasteiger partial charge in [0.15, 0.2) is 0 Å². The normalized spacial score (nSPS) is 10.6. The molecule has 0 aliphatic carbocycles. The molecule has 0 saturated carbocycles. The summed E-state index contributed by atoms with van der Waals surface area (Å²) in [6.07, 6.45) is 0. The van der Waals surface area contributed by atoms with Crippen LogP contribution in [-0.2, 0) is 4.79 Å². The van der Waals surface area contributed by atoms with Crippen molar-refractivity contribution in [2.45, 2.75) is 27.7 Å². The Morgan fingerprint density at radius 2 is 1.75 bits per heavy atom. The average Bonchev–Trinajstić information content (AvgIpc) is 2.67. The third kappa shape index (κ3) is 2.22. The molecule has 0 amide bonds. The number of ketones is 1. The standard InChI is InChI=1S/C15H16N2O3/c1-8-5-6-12(7-9(8)2)17-11(4)13(10(3)16-17)14(18)15(19)20/h5-7H,1-4H3,(H,19,20). The molecular formula is C15H16N2O3. The highest BCUT2D eigenvalue weighted by Gasteiger charge is 2.24. The highest BCUT2D eigenvalue weighted by atomic mass is 16.4. The molecular weight excluding hydrogens is 256 g/mol. The van der Waals surface area contributed by atoms with Crippen LogP contribution in [0.2, 0.25) is 0 Å². The first-order chi connectivity index (χ1) is 9.32. The number of rotatable bonds is 3. The number of Topliss-reactive ketones (excluding diaryl/α,β-unsaturated/α-hetero) is 1. The lowest BCUT2D eigenvalue weighted by molar-refractivity contribution is -0.131. The summed E-state index contributed by atoms with van der Waals surface area (Å²) in [5, 5.41) is 13.1. The molecule has 1 N–H and O–H groups in total. The van der Waals surface area contributed by atoms with Crippen LogP contribution in [0.1, 0.15) is 32.9 Å². The predicted molar refractivity (Wildman–Crippen MR) is 74.5 cm³/mol. The molecule has 0 radical (unpaired) electrons. The molecule has 0 unspecified atom stereocenters. The van der Waals surface area contributed by atoms with Crippen molar-refractivity contribution in [3.8, 4) is 5.69 Å². The summed E-state index contributed by atoms with van der Waals surface area (Å²) in [6, 6.07) is 5.83. The molecule has 0 aliphatic heterocycles. The maximum Gasteiger partial charge on any atom is 0.377 e. The second-order valence-electron chi connectivity index (χ2n) is 4.86. The largest absolute Gasteiger partial charge is 0.475 e. The van der Waals surface area contributed by atoms with E-state index in [1.807, 2.05) is 32.0 Å². The van der Waals surface area contributed by atoms with Crippen molar-refractivity contribution >= 4 is 11.8 Å². The molecule has 1 aromatic carbocycles. The third-order valence-corrected chi connectivity index (χ3v) is 3.45. The van der Waals surface area contributed by atoms with Gasteiger partial charge < -0.3 is 5.11 Å². The number of hydrogen-bond donors (Lipinski definition) is 1. The lowest BCUT2D eigenvalue weighted by atomic mass is 10.1. The molecule has 0 saturated heterocycles. The molecule has 0 atom stereocenters. The third-order valence-electron chi connectivity index (χ3n) is 3.45. The monoisotopic (exact) mass is 272 g/mol. The first-order valence-corrected chi connectivity index (χ1v) is 6.24. The molecule has 104 valence electrons. The highest BCUT2D eigenvalue weighted by molar-refractivity contribution is 6.40. The summed E-state index contributed by atoms with van der Waals surface area (Å²) in [6.45, 7) is 7.35. The fourth-order valence-corrected chi connectivity index (χ4v) is 2.19. The van der Waals surface area contributed by atoms with Crippen molar-refractivity contribution in [3.63, 3.8) is 0 Å². The zero-order valence-electron chi connectivity index (χ0n) is 11.9. The van der Waals surface area contributed by atoms with Crippen LogP contribution in [0.4, 0.5) is 0 Å². The molecule has 5 nitrogen and oxygen atoms in total. The molecule has 1 heterocycles. The molecule has 0 bridgehead atoms. The number of aromatic nitrogens is 2. The van der Waals surface area contributed by atoms with Crippen molar-refractivity contribution in [2.75, 3.05) is 0 Å². The number of aliphatic carboxylic acids is 1.